The second-order valence-electron chi connectivity index (χ2n) is 3.22. The minimum Gasteiger partial charge on any atom is -0.313 e. The number of halogens is 1. The molecular formula is C10H12ClN. The molecule has 0 bridgehead atoms. The quantitative estimate of drug-likeness (QED) is 0.702. The molecule has 0 radical (unpaired) electrons. The summed E-state index contributed by atoms with van der Waals surface area (Å²) in [6.45, 7) is 0. The number of fused-ring (bicyclic) bond motifs is 1. The Labute approximate surface area is 77.7 Å². The van der Waals surface area contributed by atoms with Crippen molar-refractivity contribution in [2.75, 3.05) is 7.05 Å². The first kappa shape index (κ1) is 8.09. The predicted molar refractivity (Wildman–Crippen MR) is 51.6 cm³/mol. The molecule has 1 unspecified atom stereocenters. The molecule has 64 valence electrons. The zero-order valence-electron chi connectivity index (χ0n) is 7.10. The number of benzene rings is 1. The lowest BCUT2D eigenvalue weighted by Crippen LogP contribution is -2.12. The normalized spacial score (nSPS) is 21.0. The van der Waals surface area contributed by atoms with Gasteiger partial charge in [-0.25, -0.2) is 0 Å². The molecule has 0 aliphatic heterocycles. The average Bonchev–Trinajstić information content (AvgIpc) is 2.46. The summed E-state index contributed by atoms with van der Waals surface area (Å²) in [6, 6.07) is 6.69. The van der Waals surface area contributed by atoms with Gasteiger partial charge >= 0.3 is 0 Å². The number of nitrogens with one attached hydrogen (secondary N) is 1. The van der Waals surface area contributed by atoms with Gasteiger partial charge in [-0.05, 0) is 43.1 Å². The molecule has 0 aromatic heterocycles. The van der Waals surface area contributed by atoms with Crippen molar-refractivity contribution in [3.05, 3.63) is 34.3 Å². The molecule has 1 atom stereocenters. The van der Waals surface area contributed by atoms with E-state index in [0.29, 0.717) is 6.04 Å². The molecule has 0 spiro atoms. The average molecular weight is 182 g/mol. The van der Waals surface area contributed by atoms with Gasteiger partial charge in [0.1, 0.15) is 0 Å². The Hall–Kier alpha value is -0.530. The minimum atomic E-state index is 0.513. The molecule has 0 heterocycles. The molecule has 1 aliphatic carbocycles. The lowest BCUT2D eigenvalue weighted by Gasteiger charge is -2.09. The van der Waals surface area contributed by atoms with Crippen molar-refractivity contribution in [3.63, 3.8) is 0 Å². The van der Waals surface area contributed by atoms with Gasteiger partial charge < -0.3 is 5.32 Å². The Morgan fingerprint density at radius 2 is 2.33 bits per heavy atom. The first-order valence-corrected chi connectivity index (χ1v) is 4.64. The van der Waals surface area contributed by atoms with Crippen molar-refractivity contribution < 1.29 is 0 Å². The fourth-order valence-electron chi connectivity index (χ4n) is 1.87. The van der Waals surface area contributed by atoms with Gasteiger partial charge in [0.05, 0.1) is 0 Å². The van der Waals surface area contributed by atoms with Gasteiger partial charge in [-0.15, -0.1) is 0 Å². The molecule has 1 N–H and O–H groups in total. The summed E-state index contributed by atoms with van der Waals surface area (Å²) in [7, 11) is 2.00. The molecule has 0 amide bonds. The summed E-state index contributed by atoms with van der Waals surface area (Å²) in [6.07, 6.45) is 2.38. The summed E-state index contributed by atoms with van der Waals surface area (Å²) in [5, 5.41) is 4.13. The van der Waals surface area contributed by atoms with Crippen LogP contribution in [0.25, 0.3) is 0 Å². The monoisotopic (exact) mass is 181 g/mol. The van der Waals surface area contributed by atoms with Crippen LogP contribution in [0.2, 0.25) is 5.02 Å². The third-order valence-corrected chi connectivity index (χ3v) is 2.77. The van der Waals surface area contributed by atoms with Crippen molar-refractivity contribution in [2.24, 2.45) is 0 Å². The smallest absolute Gasteiger partial charge is 0.0409 e. The van der Waals surface area contributed by atoms with Gasteiger partial charge in [-0.2, -0.15) is 0 Å². The zero-order valence-corrected chi connectivity index (χ0v) is 7.86. The molecule has 0 saturated carbocycles. The topological polar surface area (TPSA) is 12.0 Å². The summed E-state index contributed by atoms with van der Waals surface area (Å²) < 4.78 is 0. The predicted octanol–water partition coefficient (Wildman–Crippen LogP) is 2.55. The van der Waals surface area contributed by atoms with Crippen molar-refractivity contribution in [1.82, 2.24) is 5.32 Å². The molecule has 2 rings (SSSR count). The van der Waals surface area contributed by atoms with Gasteiger partial charge in [0.15, 0.2) is 0 Å². The summed E-state index contributed by atoms with van der Waals surface area (Å²) in [5.41, 5.74) is 2.82. The largest absolute Gasteiger partial charge is 0.313 e. The maximum absolute atomic E-state index is 5.92. The highest BCUT2D eigenvalue weighted by molar-refractivity contribution is 6.30. The first-order valence-electron chi connectivity index (χ1n) is 4.27. The van der Waals surface area contributed by atoms with Crippen LogP contribution < -0.4 is 5.32 Å². The van der Waals surface area contributed by atoms with Crippen LogP contribution in [0.1, 0.15) is 23.6 Å². The standard InChI is InChI=1S/C10H12ClN/c1-12-10-5-3-7-2-4-8(11)6-9(7)10/h2,4,6,10,12H,3,5H2,1H3. The SMILES string of the molecule is CNC1CCc2ccc(Cl)cc21. The molecule has 0 saturated heterocycles. The van der Waals surface area contributed by atoms with E-state index in [4.69, 9.17) is 11.6 Å². The molecule has 2 heteroatoms. The van der Waals surface area contributed by atoms with E-state index in [9.17, 15) is 0 Å². The Balaban J connectivity index is 2.42. The second-order valence-corrected chi connectivity index (χ2v) is 3.66. The molecular weight excluding hydrogens is 170 g/mol. The van der Waals surface area contributed by atoms with Gasteiger partial charge in [0.25, 0.3) is 0 Å². The summed E-state index contributed by atoms with van der Waals surface area (Å²) in [5.74, 6) is 0. The third kappa shape index (κ3) is 1.23. The van der Waals surface area contributed by atoms with Crippen LogP contribution in [0.15, 0.2) is 18.2 Å². The Bertz CT molecular complexity index is 296. The fourth-order valence-corrected chi connectivity index (χ4v) is 2.05. The number of rotatable bonds is 1. The van der Waals surface area contributed by atoms with Crippen molar-refractivity contribution in [3.8, 4) is 0 Å². The van der Waals surface area contributed by atoms with E-state index in [1.165, 1.54) is 24.0 Å². The van der Waals surface area contributed by atoms with E-state index in [0.717, 1.165) is 5.02 Å². The highest BCUT2D eigenvalue weighted by Gasteiger charge is 2.20. The molecule has 0 fully saturated rings. The second kappa shape index (κ2) is 3.08. The molecule has 1 aromatic rings. The van der Waals surface area contributed by atoms with E-state index in [-0.39, 0.29) is 0 Å². The molecule has 1 nitrogen and oxygen atoms in total. The van der Waals surface area contributed by atoms with E-state index in [1.807, 2.05) is 13.1 Å². The highest BCUT2D eigenvalue weighted by Crippen LogP contribution is 2.32. The van der Waals surface area contributed by atoms with Gasteiger partial charge in [-0.3, -0.25) is 0 Å². The molecule has 12 heavy (non-hydrogen) atoms. The number of aryl methyl sites for hydroxylation is 1. The first-order chi connectivity index (χ1) is 5.81. The van der Waals surface area contributed by atoms with Crippen molar-refractivity contribution in [1.29, 1.82) is 0 Å². The van der Waals surface area contributed by atoms with Crippen LogP contribution in [-0.4, -0.2) is 7.05 Å². The number of hydrogen-bond donors (Lipinski definition) is 1. The van der Waals surface area contributed by atoms with Gasteiger partial charge in [-0.1, -0.05) is 17.7 Å². The van der Waals surface area contributed by atoms with Crippen LogP contribution in [0, 0.1) is 0 Å². The zero-order chi connectivity index (χ0) is 8.55. The lowest BCUT2D eigenvalue weighted by molar-refractivity contribution is 0.590. The molecule has 1 aliphatic rings. The fraction of sp³-hybridized carbons (Fsp3) is 0.400. The maximum Gasteiger partial charge on any atom is 0.0409 e. The van der Waals surface area contributed by atoms with E-state index < -0.39 is 0 Å². The number of hydrogen-bond acceptors (Lipinski definition) is 1. The van der Waals surface area contributed by atoms with Gasteiger partial charge in [0, 0.05) is 11.1 Å². The third-order valence-electron chi connectivity index (χ3n) is 2.53. The lowest BCUT2D eigenvalue weighted by atomic mass is 10.1. The summed E-state index contributed by atoms with van der Waals surface area (Å²) >= 11 is 5.92. The Morgan fingerprint density at radius 3 is 3.08 bits per heavy atom. The Morgan fingerprint density at radius 1 is 1.50 bits per heavy atom. The van der Waals surface area contributed by atoms with Crippen LogP contribution in [0.4, 0.5) is 0 Å². The summed E-state index contributed by atoms with van der Waals surface area (Å²) in [4.78, 5) is 0. The van der Waals surface area contributed by atoms with Crippen LogP contribution in [-0.2, 0) is 6.42 Å². The van der Waals surface area contributed by atoms with E-state index in [2.05, 4.69) is 17.4 Å². The Kier molecular flexibility index (Phi) is 2.07. The van der Waals surface area contributed by atoms with Crippen LogP contribution >= 0.6 is 11.6 Å². The minimum absolute atomic E-state index is 0.513. The van der Waals surface area contributed by atoms with Crippen molar-refractivity contribution in [2.45, 2.75) is 18.9 Å². The maximum atomic E-state index is 5.92. The van der Waals surface area contributed by atoms with E-state index in [1.54, 1.807) is 0 Å². The highest BCUT2D eigenvalue weighted by atomic mass is 35.5. The van der Waals surface area contributed by atoms with Crippen LogP contribution in [0.3, 0.4) is 0 Å². The van der Waals surface area contributed by atoms with E-state index >= 15 is 0 Å². The van der Waals surface area contributed by atoms with Gasteiger partial charge in [0.2, 0.25) is 0 Å². The molecule has 1 aromatic carbocycles. The van der Waals surface area contributed by atoms with Crippen molar-refractivity contribution >= 4 is 11.6 Å². The van der Waals surface area contributed by atoms with Crippen LogP contribution in [0.5, 0.6) is 0 Å².